The van der Waals surface area contributed by atoms with Gasteiger partial charge >= 0.3 is 0 Å². The van der Waals surface area contributed by atoms with E-state index in [1.54, 1.807) is 0 Å². The molecule has 0 saturated carbocycles. The second kappa shape index (κ2) is 7.64. The van der Waals surface area contributed by atoms with E-state index < -0.39 is 0 Å². The lowest BCUT2D eigenvalue weighted by Crippen LogP contribution is -2.42. The molecule has 1 unspecified atom stereocenters. The molecule has 1 aromatic heterocycles. The summed E-state index contributed by atoms with van der Waals surface area (Å²) in [5, 5.41) is 3.01. The summed E-state index contributed by atoms with van der Waals surface area (Å²) in [4.78, 5) is 15.1. The maximum atomic E-state index is 12.8. The molecule has 0 radical (unpaired) electrons. The van der Waals surface area contributed by atoms with Crippen LogP contribution in [-0.2, 0) is 11.3 Å². The van der Waals surface area contributed by atoms with Crippen molar-refractivity contribution in [2.24, 2.45) is 0 Å². The Kier molecular flexibility index (Phi) is 4.69. The first kappa shape index (κ1) is 17.8. The molecule has 1 atom stereocenters. The monoisotopic (exact) mass is 389 g/mol. The second-order valence-corrected chi connectivity index (χ2v) is 7.32. The Morgan fingerprint density at radius 3 is 2.66 bits per heavy atom. The third kappa shape index (κ3) is 3.59. The lowest BCUT2D eigenvalue weighted by atomic mass is 10.00. The smallest absolute Gasteiger partial charge is 0.238 e. The minimum atomic E-state index is -0.0392. The van der Waals surface area contributed by atoms with Crippen LogP contribution < -0.4 is 14.8 Å². The van der Waals surface area contributed by atoms with E-state index in [2.05, 4.69) is 45.2 Å². The van der Waals surface area contributed by atoms with Crippen LogP contribution in [0.25, 0.3) is 0 Å². The van der Waals surface area contributed by atoms with Crippen LogP contribution in [0.3, 0.4) is 0 Å². The number of nitrogens with zero attached hydrogens (tertiary/aromatic N) is 2. The van der Waals surface area contributed by atoms with Gasteiger partial charge in [-0.05, 0) is 29.8 Å². The van der Waals surface area contributed by atoms with Crippen molar-refractivity contribution in [3.05, 3.63) is 78.1 Å². The highest BCUT2D eigenvalue weighted by Crippen LogP contribution is 2.34. The quantitative estimate of drug-likeness (QED) is 0.744. The van der Waals surface area contributed by atoms with Crippen molar-refractivity contribution < 1.29 is 14.3 Å². The fourth-order valence-corrected chi connectivity index (χ4v) is 4.12. The average molecular weight is 389 g/mol. The number of amides is 1. The van der Waals surface area contributed by atoms with E-state index in [1.807, 2.05) is 36.4 Å². The summed E-state index contributed by atoms with van der Waals surface area (Å²) in [6.07, 6.45) is 2.11. The summed E-state index contributed by atoms with van der Waals surface area (Å²) in [7, 11) is 0. The molecule has 1 N–H and O–H groups in total. The lowest BCUT2D eigenvalue weighted by Gasteiger charge is -2.36. The largest absolute Gasteiger partial charge is 0.486 e. The number of hydrogen-bond acceptors (Lipinski definition) is 4. The van der Waals surface area contributed by atoms with Gasteiger partial charge in [-0.15, -0.1) is 0 Å². The van der Waals surface area contributed by atoms with Gasteiger partial charge in [-0.25, -0.2) is 0 Å². The van der Waals surface area contributed by atoms with Crippen LogP contribution in [-0.4, -0.2) is 41.7 Å². The molecule has 148 valence electrons. The molecule has 29 heavy (non-hydrogen) atoms. The normalized spacial score (nSPS) is 18.1. The first-order valence-electron chi connectivity index (χ1n) is 9.91. The molecule has 0 saturated heterocycles. The molecular weight excluding hydrogens is 366 g/mol. The summed E-state index contributed by atoms with van der Waals surface area (Å²) in [6.45, 7) is 3.09. The Bertz CT molecular complexity index is 1020. The number of carbonyl (C=O) groups is 1. The van der Waals surface area contributed by atoms with E-state index in [-0.39, 0.29) is 11.9 Å². The first-order valence-corrected chi connectivity index (χ1v) is 9.91. The van der Waals surface area contributed by atoms with Gasteiger partial charge < -0.3 is 19.4 Å². The zero-order valence-corrected chi connectivity index (χ0v) is 16.1. The Labute approximate surface area is 169 Å². The topological polar surface area (TPSA) is 55.7 Å². The van der Waals surface area contributed by atoms with Crippen LogP contribution in [0.4, 0.5) is 5.69 Å². The highest BCUT2D eigenvalue weighted by Gasteiger charge is 2.30. The molecule has 0 fully saturated rings. The van der Waals surface area contributed by atoms with E-state index >= 15 is 0 Å². The number of anilines is 1. The summed E-state index contributed by atoms with van der Waals surface area (Å²) in [5.41, 5.74) is 3.13. The zero-order chi connectivity index (χ0) is 19.6. The molecule has 0 spiro atoms. The minimum Gasteiger partial charge on any atom is -0.486 e. The molecule has 2 aromatic carbocycles. The van der Waals surface area contributed by atoms with Crippen LogP contribution in [0.1, 0.15) is 17.3 Å². The molecule has 1 amide bonds. The maximum Gasteiger partial charge on any atom is 0.238 e. The maximum absolute atomic E-state index is 12.8. The first-order chi connectivity index (χ1) is 14.3. The number of ether oxygens (including phenoxy) is 2. The van der Waals surface area contributed by atoms with Crippen molar-refractivity contribution >= 4 is 11.6 Å². The predicted molar refractivity (Wildman–Crippen MR) is 110 cm³/mol. The highest BCUT2D eigenvalue weighted by atomic mass is 16.6. The Hall–Kier alpha value is -3.25. The van der Waals surface area contributed by atoms with Crippen molar-refractivity contribution in [1.82, 2.24) is 9.47 Å². The Balaban J connectivity index is 1.34. The summed E-state index contributed by atoms with van der Waals surface area (Å²) >= 11 is 0. The van der Waals surface area contributed by atoms with Crippen LogP contribution >= 0.6 is 0 Å². The van der Waals surface area contributed by atoms with Crippen LogP contribution in [0.5, 0.6) is 11.5 Å². The molecule has 0 bridgehead atoms. The van der Waals surface area contributed by atoms with Crippen molar-refractivity contribution in [2.75, 3.05) is 31.6 Å². The van der Waals surface area contributed by atoms with Crippen LogP contribution in [0.2, 0.25) is 0 Å². The number of benzene rings is 2. The van der Waals surface area contributed by atoms with E-state index in [9.17, 15) is 4.79 Å². The van der Waals surface area contributed by atoms with Crippen molar-refractivity contribution in [3.63, 3.8) is 0 Å². The van der Waals surface area contributed by atoms with E-state index in [0.29, 0.717) is 25.5 Å². The number of nitrogens with one attached hydrogen (secondary N) is 1. The van der Waals surface area contributed by atoms with Gasteiger partial charge in [-0.3, -0.25) is 9.69 Å². The fraction of sp³-hybridized carbons (Fsp3) is 0.261. The summed E-state index contributed by atoms with van der Waals surface area (Å²) < 4.78 is 13.4. The van der Waals surface area contributed by atoms with Crippen molar-refractivity contribution in [1.29, 1.82) is 0 Å². The van der Waals surface area contributed by atoms with Crippen LogP contribution in [0, 0.1) is 0 Å². The van der Waals surface area contributed by atoms with E-state index in [1.165, 1.54) is 11.3 Å². The fourth-order valence-electron chi connectivity index (χ4n) is 4.12. The van der Waals surface area contributed by atoms with E-state index in [4.69, 9.17) is 9.47 Å². The van der Waals surface area contributed by atoms with Gasteiger partial charge in [0.15, 0.2) is 11.5 Å². The van der Waals surface area contributed by atoms with Gasteiger partial charge in [-0.1, -0.05) is 30.3 Å². The van der Waals surface area contributed by atoms with Crippen molar-refractivity contribution in [3.8, 4) is 11.5 Å². The van der Waals surface area contributed by atoms with Crippen molar-refractivity contribution in [2.45, 2.75) is 12.6 Å². The van der Waals surface area contributed by atoms with Gasteiger partial charge in [0, 0.05) is 36.7 Å². The predicted octanol–water partition coefficient (Wildman–Crippen LogP) is 3.30. The Morgan fingerprint density at radius 1 is 0.966 bits per heavy atom. The zero-order valence-electron chi connectivity index (χ0n) is 16.1. The van der Waals surface area contributed by atoms with Gasteiger partial charge in [0.25, 0.3) is 0 Å². The molecule has 2 aliphatic rings. The van der Waals surface area contributed by atoms with E-state index in [0.717, 1.165) is 24.5 Å². The third-order valence-corrected chi connectivity index (χ3v) is 5.43. The number of rotatable bonds is 4. The molecule has 5 rings (SSSR count). The highest BCUT2D eigenvalue weighted by molar-refractivity contribution is 5.92. The standard InChI is InChI=1S/C23H23N3O3/c27-22(24-18-8-9-20-21(15-18)29-14-13-28-20)16-26-12-11-25-10-4-7-19(25)23(26)17-5-2-1-3-6-17/h1-10,15,23H,11-14,16H2,(H,24,27). The summed E-state index contributed by atoms with van der Waals surface area (Å²) in [5.74, 6) is 1.35. The number of fused-ring (bicyclic) bond motifs is 2. The molecule has 2 aliphatic heterocycles. The SMILES string of the molecule is O=C(CN1CCn2cccc2C1c1ccccc1)Nc1ccc2c(c1)OCCO2. The molecule has 3 heterocycles. The third-order valence-electron chi connectivity index (χ3n) is 5.43. The molecule has 6 heteroatoms. The van der Waals surface area contributed by atoms with Gasteiger partial charge in [0.05, 0.1) is 12.6 Å². The molecular formula is C23H23N3O3. The lowest BCUT2D eigenvalue weighted by molar-refractivity contribution is -0.117. The minimum absolute atomic E-state index is 0.0392. The van der Waals surface area contributed by atoms with Gasteiger partial charge in [0.2, 0.25) is 5.91 Å². The average Bonchev–Trinajstić information content (AvgIpc) is 3.23. The number of aromatic nitrogens is 1. The second-order valence-electron chi connectivity index (χ2n) is 7.32. The summed E-state index contributed by atoms with van der Waals surface area (Å²) in [6, 6.07) is 20.1. The van der Waals surface area contributed by atoms with Gasteiger partial charge in [-0.2, -0.15) is 0 Å². The van der Waals surface area contributed by atoms with Gasteiger partial charge in [0.1, 0.15) is 13.2 Å². The number of hydrogen-bond donors (Lipinski definition) is 1. The molecule has 3 aromatic rings. The number of carbonyl (C=O) groups excluding carboxylic acids is 1. The molecule has 0 aliphatic carbocycles. The molecule has 6 nitrogen and oxygen atoms in total. The van der Waals surface area contributed by atoms with Crippen LogP contribution in [0.15, 0.2) is 66.9 Å². The Morgan fingerprint density at radius 2 is 1.79 bits per heavy atom.